The molecule has 0 amide bonds. The van der Waals surface area contributed by atoms with E-state index in [-0.39, 0.29) is 24.0 Å². The van der Waals surface area contributed by atoms with Gasteiger partial charge in [0.25, 0.3) is 0 Å². The minimum Gasteiger partial charge on any atom is -0.356 e. The van der Waals surface area contributed by atoms with Crippen molar-refractivity contribution in [1.29, 1.82) is 0 Å². The van der Waals surface area contributed by atoms with Crippen molar-refractivity contribution < 1.29 is 0 Å². The van der Waals surface area contributed by atoms with Gasteiger partial charge in [-0.15, -0.1) is 24.0 Å². The molecule has 1 heterocycles. The third kappa shape index (κ3) is 8.24. The largest absolute Gasteiger partial charge is 0.356 e. The molecule has 4 nitrogen and oxygen atoms in total. The van der Waals surface area contributed by atoms with Crippen LogP contribution in [0.3, 0.4) is 0 Å². The number of likely N-dealkylation sites (tertiary alicyclic amines) is 1. The molecule has 0 spiro atoms. The number of hydrogen-bond acceptors (Lipinski definition) is 2. The van der Waals surface area contributed by atoms with Crippen molar-refractivity contribution in [3.63, 3.8) is 0 Å². The van der Waals surface area contributed by atoms with Crippen LogP contribution in [0.25, 0.3) is 0 Å². The van der Waals surface area contributed by atoms with Gasteiger partial charge in [0.1, 0.15) is 0 Å². The monoisotopic (exact) mass is 410 g/mol. The van der Waals surface area contributed by atoms with Gasteiger partial charge < -0.3 is 15.5 Å². The summed E-state index contributed by atoms with van der Waals surface area (Å²) >= 11 is 0. The number of unbranched alkanes of at least 4 members (excludes halogenated alkanes) is 1. The Bertz CT molecular complexity index is 283. The second-order valence-corrected chi connectivity index (χ2v) is 6.03. The van der Waals surface area contributed by atoms with Crippen LogP contribution in [0.2, 0.25) is 0 Å². The molecule has 1 rings (SSSR count). The highest BCUT2D eigenvalue weighted by molar-refractivity contribution is 14.0. The molecule has 1 aliphatic rings. The van der Waals surface area contributed by atoms with Crippen molar-refractivity contribution in [2.24, 2.45) is 10.9 Å². The Kier molecular flexibility index (Phi) is 12.5. The van der Waals surface area contributed by atoms with Crippen molar-refractivity contribution in [1.82, 2.24) is 15.5 Å². The Balaban J connectivity index is 0.00000400. The molecule has 0 saturated carbocycles. The van der Waals surface area contributed by atoms with Gasteiger partial charge in [-0.05, 0) is 38.8 Å². The molecular formula is C16H35IN4. The lowest BCUT2D eigenvalue weighted by Gasteiger charge is -2.22. The molecule has 5 heteroatoms. The van der Waals surface area contributed by atoms with Gasteiger partial charge in [0.2, 0.25) is 0 Å². The SMILES string of the molecule is CCCCC(CC)CNC(=NC)NCC1CCCN1C.I. The second kappa shape index (κ2) is 12.5. The zero-order valence-corrected chi connectivity index (χ0v) is 16.7. The highest BCUT2D eigenvalue weighted by atomic mass is 127. The summed E-state index contributed by atoms with van der Waals surface area (Å²) in [7, 11) is 4.08. The average molecular weight is 410 g/mol. The quantitative estimate of drug-likeness (QED) is 0.367. The summed E-state index contributed by atoms with van der Waals surface area (Å²) in [6.07, 6.45) is 7.81. The molecule has 2 unspecified atom stereocenters. The minimum atomic E-state index is 0. The van der Waals surface area contributed by atoms with E-state index >= 15 is 0 Å². The summed E-state index contributed by atoms with van der Waals surface area (Å²) in [5.74, 6) is 1.72. The molecule has 21 heavy (non-hydrogen) atoms. The van der Waals surface area contributed by atoms with Crippen molar-refractivity contribution >= 4 is 29.9 Å². The topological polar surface area (TPSA) is 39.7 Å². The maximum Gasteiger partial charge on any atom is 0.191 e. The standard InChI is InChI=1S/C16H34N4.HI/c1-5-7-9-14(6-2)12-18-16(17-3)19-13-15-10-8-11-20(15)4;/h14-15H,5-13H2,1-4H3,(H2,17,18,19);1H. The Morgan fingerprint density at radius 3 is 2.62 bits per heavy atom. The van der Waals surface area contributed by atoms with E-state index in [0.29, 0.717) is 6.04 Å². The molecule has 0 radical (unpaired) electrons. The van der Waals surface area contributed by atoms with Crippen molar-refractivity contribution in [2.45, 2.75) is 58.4 Å². The van der Waals surface area contributed by atoms with Crippen LogP contribution in [0.1, 0.15) is 52.4 Å². The van der Waals surface area contributed by atoms with Gasteiger partial charge in [0, 0.05) is 26.2 Å². The van der Waals surface area contributed by atoms with Crippen LogP contribution in [0.15, 0.2) is 4.99 Å². The van der Waals surface area contributed by atoms with Gasteiger partial charge in [0.15, 0.2) is 5.96 Å². The van der Waals surface area contributed by atoms with Crippen LogP contribution in [0.4, 0.5) is 0 Å². The summed E-state index contributed by atoms with van der Waals surface area (Å²) in [5, 5.41) is 6.96. The molecule has 0 aromatic heterocycles. The van der Waals surface area contributed by atoms with E-state index in [4.69, 9.17) is 0 Å². The van der Waals surface area contributed by atoms with E-state index in [9.17, 15) is 0 Å². The fourth-order valence-electron chi connectivity index (χ4n) is 2.86. The zero-order chi connectivity index (χ0) is 14.8. The lowest BCUT2D eigenvalue weighted by Crippen LogP contribution is -2.45. The number of rotatable bonds is 8. The highest BCUT2D eigenvalue weighted by Crippen LogP contribution is 2.13. The van der Waals surface area contributed by atoms with Crippen molar-refractivity contribution in [3.8, 4) is 0 Å². The molecule has 1 aliphatic heterocycles. The van der Waals surface area contributed by atoms with E-state index in [1.807, 2.05) is 7.05 Å². The van der Waals surface area contributed by atoms with E-state index in [1.54, 1.807) is 0 Å². The van der Waals surface area contributed by atoms with Crippen LogP contribution in [-0.2, 0) is 0 Å². The smallest absolute Gasteiger partial charge is 0.191 e. The number of hydrogen-bond donors (Lipinski definition) is 2. The van der Waals surface area contributed by atoms with Crippen LogP contribution >= 0.6 is 24.0 Å². The Labute approximate surface area is 148 Å². The lowest BCUT2D eigenvalue weighted by molar-refractivity contribution is 0.309. The van der Waals surface area contributed by atoms with Crippen molar-refractivity contribution in [2.75, 3.05) is 33.7 Å². The van der Waals surface area contributed by atoms with E-state index in [1.165, 1.54) is 45.1 Å². The van der Waals surface area contributed by atoms with Gasteiger partial charge in [-0.3, -0.25) is 4.99 Å². The van der Waals surface area contributed by atoms with Crippen molar-refractivity contribution in [3.05, 3.63) is 0 Å². The first kappa shape index (κ1) is 21.0. The first-order chi connectivity index (χ1) is 9.71. The summed E-state index contributed by atoms with van der Waals surface area (Å²) < 4.78 is 0. The lowest BCUT2D eigenvalue weighted by atomic mass is 9.99. The molecule has 1 saturated heterocycles. The van der Waals surface area contributed by atoms with E-state index in [2.05, 4.69) is 41.4 Å². The fourth-order valence-corrected chi connectivity index (χ4v) is 2.86. The van der Waals surface area contributed by atoms with Gasteiger partial charge in [0.05, 0.1) is 0 Å². The van der Waals surface area contributed by atoms with Gasteiger partial charge >= 0.3 is 0 Å². The van der Waals surface area contributed by atoms with E-state index in [0.717, 1.165) is 25.0 Å². The summed E-state index contributed by atoms with van der Waals surface area (Å²) in [6.45, 7) is 7.82. The van der Waals surface area contributed by atoms with Gasteiger partial charge in [-0.2, -0.15) is 0 Å². The van der Waals surface area contributed by atoms with Crippen LogP contribution < -0.4 is 10.6 Å². The summed E-state index contributed by atoms with van der Waals surface area (Å²) in [5.41, 5.74) is 0. The normalized spacial score (nSPS) is 21.0. The zero-order valence-electron chi connectivity index (χ0n) is 14.3. The van der Waals surface area contributed by atoms with Gasteiger partial charge in [-0.1, -0.05) is 33.1 Å². The van der Waals surface area contributed by atoms with Gasteiger partial charge in [-0.25, -0.2) is 0 Å². The first-order valence-corrected chi connectivity index (χ1v) is 8.36. The molecule has 0 aromatic rings. The Morgan fingerprint density at radius 2 is 2.10 bits per heavy atom. The van der Waals surface area contributed by atoms with Crippen LogP contribution in [0.5, 0.6) is 0 Å². The number of guanidine groups is 1. The van der Waals surface area contributed by atoms with Crippen LogP contribution in [-0.4, -0.2) is 50.6 Å². The predicted octanol–water partition coefficient (Wildman–Crippen LogP) is 3.08. The number of nitrogens with one attached hydrogen (secondary N) is 2. The molecule has 0 aliphatic carbocycles. The molecule has 0 aromatic carbocycles. The summed E-state index contributed by atoms with van der Waals surface area (Å²) in [6, 6.07) is 0.663. The number of aliphatic imine (C=N–C) groups is 1. The second-order valence-electron chi connectivity index (χ2n) is 6.03. The molecule has 0 bridgehead atoms. The third-order valence-electron chi connectivity index (χ3n) is 4.50. The first-order valence-electron chi connectivity index (χ1n) is 8.36. The molecule has 1 fully saturated rings. The maximum absolute atomic E-state index is 4.34. The third-order valence-corrected chi connectivity index (χ3v) is 4.50. The Hall–Kier alpha value is -0.0400. The van der Waals surface area contributed by atoms with Crippen LogP contribution in [0, 0.1) is 5.92 Å². The number of likely N-dealkylation sites (N-methyl/N-ethyl adjacent to an activating group) is 1. The predicted molar refractivity (Wildman–Crippen MR) is 104 cm³/mol. The number of nitrogens with zero attached hydrogens (tertiary/aromatic N) is 2. The molecule has 126 valence electrons. The molecule has 2 atom stereocenters. The molecular weight excluding hydrogens is 375 g/mol. The number of halogens is 1. The maximum atomic E-state index is 4.34. The fraction of sp³-hybridized carbons (Fsp3) is 0.938. The van der Waals surface area contributed by atoms with E-state index < -0.39 is 0 Å². The summed E-state index contributed by atoms with van der Waals surface area (Å²) in [4.78, 5) is 6.78. The highest BCUT2D eigenvalue weighted by Gasteiger charge is 2.20. The molecule has 2 N–H and O–H groups in total. The minimum absolute atomic E-state index is 0. The average Bonchev–Trinajstić information content (AvgIpc) is 2.87. The Morgan fingerprint density at radius 1 is 1.33 bits per heavy atom.